The van der Waals surface area contributed by atoms with E-state index in [-0.39, 0.29) is 18.5 Å². The molecule has 0 saturated carbocycles. The number of unbranched alkanes of at least 4 members (excludes halogenated alkanes) is 29. The van der Waals surface area contributed by atoms with Crippen LogP contribution in [0.1, 0.15) is 245 Å². The van der Waals surface area contributed by atoms with Crippen LogP contribution in [0.2, 0.25) is 0 Å². The Bertz CT molecular complexity index is 772. The summed E-state index contributed by atoms with van der Waals surface area (Å²) in [7, 11) is 0. The number of allylic oxidation sites excluding steroid dienone is 2. The van der Waals surface area contributed by atoms with Crippen molar-refractivity contribution < 1.29 is 24.5 Å². The molecule has 0 aromatic rings. The molecule has 0 saturated heterocycles. The molecule has 6 heteroatoms. The maximum absolute atomic E-state index is 12.4. The molecular weight excluding hydrogens is 647 g/mol. The molecule has 0 aromatic carbocycles. The van der Waals surface area contributed by atoms with Crippen molar-refractivity contribution >= 4 is 11.9 Å². The number of carbonyl (C=O) groups is 2. The van der Waals surface area contributed by atoms with Crippen molar-refractivity contribution in [2.24, 2.45) is 0 Å². The van der Waals surface area contributed by atoms with Gasteiger partial charge in [0.05, 0.1) is 25.4 Å². The molecule has 308 valence electrons. The van der Waals surface area contributed by atoms with E-state index < -0.39 is 12.1 Å². The van der Waals surface area contributed by atoms with Gasteiger partial charge in [0.25, 0.3) is 0 Å². The number of rotatable bonds is 42. The second-order valence-corrected chi connectivity index (χ2v) is 15.7. The van der Waals surface area contributed by atoms with Crippen LogP contribution in [0.25, 0.3) is 0 Å². The summed E-state index contributed by atoms with van der Waals surface area (Å²) < 4.78 is 5.43. The minimum absolute atomic E-state index is 0.0170. The lowest BCUT2D eigenvalue weighted by Gasteiger charge is -2.22. The van der Waals surface area contributed by atoms with E-state index >= 15 is 0 Å². The third-order valence-corrected chi connectivity index (χ3v) is 10.6. The highest BCUT2D eigenvalue weighted by molar-refractivity contribution is 5.76. The van der Waals surface area contributed by atoms with Crippen LogP contribution in [0.4, 0.5) is 0 Å². The molecular formula is C46H89NO5. The molecule has 0 aromatic heterocycles. The Kier molecular flexibility index (Phi) is 41.2. The van der Waals surface area contributed by atoms with Crippen molar-refractivity contribution in [3.63, 3.8) is 0 Å². The van der Waals surface area contributed by atoms with Crippen LogP contribution in [0.15, 0.2) is 12.2 Å². The molecule has 2 atom stereocenters. The van der Waals surface area contributed by atoms with Gasteiger partial charge >= 0.3 is 5.97 Å². The quantitative estimate of drug-likeness (QED) is 0.0329. The van der Waals surface area contributed by atoms with E-state index in [0.717, 1.165) is 51.4 Å². The molecule has 0 heterocycles. The first-order valence-electron chi connectivity index (χ1n) is 22.9. The summed E-state index contributed by atoms with van der Waals surface area (Å²) in [5, 5.41) is 23.1. The standard InChI is InChI=1S/C46H89NO5/c1-3-5-7-9-11-13-18-22-26-30-34-38-44(49)43(42-48)47-45(50)39-35-31-27-23-20-16-15-17-21-25-29-33-37-41-52-46(51)40-36-32-28-24-19-14-12-10-8-6-4-2/h10,12,43-44,48-49H,3-9,11,13-42H2,1-2H3,(H,47,50)/b12-10-. The summed E-state index contributed by atoms with van der Waals surface area (Å²) in [6.45, 7) is 4.87. The first kappa shape index (κ1) is 50.6. The van der Waals surface area contributed by atoms with E-state index in [1.807, 2.05) is 0 Å². The molecule has 3 N–H and O–H groups in total. The monoisotopic (exact) mass is 736 g/mol. The minimum atomic E-state index is -0.670. The lowest BCUT2D eigenvalue weighted by Crippen LogP contribution is -2.45. The highest BCUT2D eigenvalue weighted by Crippen LogP contribution is 2.16. The Labute approximate surface area is 323 Å². The molecule has 0 fully saturated rings. The van der Waals surface area contributed by atoms with E-state index in [0.29, 0.717) is 25.9 Å². The summed E-state index contributed by atoms with van der Waals surface area (Å²) in [4.78, 5) is 24.3. The molecule has 0 rings (SSSR count). The molecule has 0 aliphatic rings. The Morgan fingerprint density at radius 2 is 0.923 bits per heavy atom. The van der Waals surface area contributed by atoms with E-state index in [4.69, 9.17) is 4.74 Å². The average molecular weight is 736 g/mol. The highest BCUT2D eigenvalue weighted by atomic mass is 16.5. The van der Waals surface area contributed by atoms with Gasteiger partial charge in [-0.1, -0.05) is 199 Å². The summed E-state index contributed by atoms with van der Waals surface area (Å²) in [5.74, 6) is -0.0667. The van der Waals surface area contributed by atoms with Crippen molar-refractivity contribution in [1.82, 2.24) is 5.32 Å². The fraction of sp³-hybridized carbons (Fsp3) is 0.913. The predicted octanol–water partition coefficient (Wildman–Crippen LogP) is 13.0. The van der Waals surface area contributed by atoms with Gasteiger partial charge in [-0.05, 0) is 44.9 Å². The van der Waals surface area contributed by atoms with Gasteiger partial charge in [0.2, 0.25) is 5.91 Å². The highest BCUT2D eigenvalue weighted by Gasteiger charge is 2.20. The minimum Gasteiger partial charge on any atom is -0.466 e. The topological polar surface area (TPSA) is 95.9 Å². The smallest absolute Gasteiger partial charge is 0.305 e. The number of esters is 1. The third kappa shape index (κ3) is 38.3. The predicted molar refractivity (Wildman–Crippen MR) is 223 cm³/mol. The number of aliphatic hydroxyl groups is 2. The van der Waals surface area contributed by atoms with Crippen LogP contribution in [-0.2, 0) is 14.3 Å². The van der Waals surface area contributed by atoms with Gasteiger partial charge in [-0.15, -0.1) is 0 Å². The fourth-order valence-corrected chi connectivity index (χ4v) is 6.97. The van der Waals surface area contributed by atoms with Crippen molar-refractivity contribution in [2.75, 3.05) is 13.2 Å². The van der Waals surface area contributed by atoms with Gasteiger partial charge in [0.1, 0.15) is 0 Å². The van der Waals surface area contributed by atoms with E-state index in [1.54, 1.807) is 0 Å². The molecule has 52 heavy (non-hydrogen) atoms. The third-order valence-electron chi connectivity index (χ3n) is 10.6. The number of hydrogen-bond acceptors (Lipinski definition) is 5. The molecule has 2 unspecified atom stereocenters. The summed E-state index contributed by atoms with van der Waals surface area (Å²) in [6.07, 6.45) is 45.9. The summed E-state index contributed by atoms with van der Waals surface area (Å²) in [5.41, 5.74) is 0. The zero-order chi connectivity index (χ0) is 38.0. The first-order chi connectivity index (χ1) is 25.5. The Balaban J connectivity index is 3.46. The lowest BCUT2D eigenvalue weighted by atomic mass is 10.0. The average Bonchev–Trinajstić information content (AvgIpc) is 3.14. The van der Waals surface area contributed by atoms with Gasteiger partial charge in [-0.3, -0.25) is 9.59 Å². The number of amides is 1. The lowest BCUT2D eigenvalue weighted by molar-refractivity contribution is -0.143. The van der Waals surface area contributed by atoms with Gasteiger partial charge < -0.3 is 20.3 Å². The molecule has 0 aliphatic carbocycles. The largest absolute Gasteiger partial charge is 0.466 e. The number of aliphatic hydroxyl groups excluding tert-OH is 2. The van der Waals surface area contributed by atoms with Gasteiger partial charge in [0, 0.05) is 12.8 Å². The number of ether oxygens (including phenoxy) is 1. The van der Waals surface area contributed by atoms with Gasteiger partial charge in [-0.2, -0.15) is 0 Å². The molecule has 1 amide bonds. The Morgan fingerprint density at radius 3 is 1.42 bits per heavy atom. The van der Waals surface area contributed by atoms with Crippen molar-refractivity contribution in [3.8, 4) is 0 Å². The van der Waals surface area contributed by atoms with E-state index in [2.05, 4.69) is 31.3 Å². The molecule has 0 spiro atoms. The second kappa shape index (κ2) is 42.3. The zero-order valence-electron chi connectivity index (χ0n) is 34.8. The van der Waals surface area contributed by atoms with Crippen LogP contribution >= 0.6 is 0 Å². The van der Waals surface area contributed by atoms with Gasteiger partial charge in [0.15, 0.2) is 0 Å². The number of hydrogen-bond donors (Lipinski definition) is 3. The van der Waals surface area contributed by atoms with Crippen LogP contribution in [0.3, 0.4) is 0 Å². The Hall–Kier alpha value is -1.40. The SMILES string of the molecule is CCCC/C=C\CCCCCCCC(=O)OCCCCCCCCCCCCCCCC(=O)NC(CO)C(O)CCCCCCCCCCCCC. The van der Waals surface area contributed by atoms with Crippen LogP contribution in [0, 0.1) is 0 Å². The molecule has 6 nitrogen and oxygen atoms in total. The fourth-order valence-electron chi connectivity index (χ4n) is 6.97. The molecule has 0 aliphatic heterocycles. The molecule has 0 bridgehead atoms. The first-order valence-corrected chi connectivity index (χ1v) is 22.9. The zero-order valence-corrected chi connectivity index (χ0v) is 34.8. The molecule has 0 radical (unpaired) electrons. The van der Waals surface area contributed by atoms with E-state index in [9.17, 15) is 19.8 Å². The van der Waals surface area contributed by atoms with Crippen molar-refractivity contribution in [2.45, 2.75) is 257 Å². The summed E-state index contributed by atoms with van der Waals surface area (Å²) in [6, 6.07) is -0.548. The second-order valence-electron chi connectivity index (χ2n) is 15.7. The van der Waals surface area contributed by atoms with Crippen LogP contribution in [0.5, 0.6) is 0 Å². The Morgan fingerprint density at radius 1 is 0.519 bits per heavy atom. The number of carbonyl (C=O) groups excluding carboxylic acids is 2. The van der Waals surface area contributed by atoms with E-state index in [1.165, 1.54) is 161 Å². The van der Waals surface area contributed by atoms with Crippen LogP contribution in [-0.4, -0.2) is 47.4 Å². The van der Waals surface area contributed by atoms with Gasteiger partial charge in [-0.25, -0.2) is 0 Å². The normalized spacial score (nSPS) is 12.8. The van der Waals surface area contributed by atoms with Crippen molar-refractivity contribution in [3.05, 3.63) is 12.2 Å². The maximum atomic E-state index is 12.4. The number of nitrogens with one attached hydrogen (secondary N) is 1. The summed E-state index contributed by atoms with van der Waals surface area (Å²) >= 11 is 0. The maximum Gasteiger partial charge on any atom is 0.305 e. The van der Waals surface area contributed by atoms with Crippen molar-refractivity contribution in [1.29, 1.82) is 0 Å². The van der Waals surface area contributed by atoms with Crippen LogP contribution < -0.4 is 5.32 Å².